The third-order valence-electron chi connectivity index (χ3n) is 3.06. The van der Waals surface area contributed by atoms with Crippen molar-refractivity contribution in [1.82, 2.24) is 5.32 Å². The van der Waals surface area contributed by atoms with Crippen molar-refractivity contribution in [1.29, 1.82) is 0 Å². The third kappa shape index (κ3) is 4.03. The molecule has 21 heavy (non-hydrogen) atoms. The maximum Gasteiger partial charge on any atom is 0.127 e. The average molecular weight is 326 g/mol. The van der Waals surface area contributed by atoms with Crippen molar-refractivity contribution in [2.75, 3.05) is 14.2 Å². The summed E-state index contributed by atoms with van der Waals surface area (Å²) in [6.45, 7) is 1.06. The number of ether oxygens (including phenoxy) is 2. The second-order valence-electron chi connectivity index (χ2n) is 4.51. The standard InChI is InChI=1S/C16H17Cl2NO2/c1-19-9-11-6-7-13(20-2)8-15(11)21-10-12-4-3-5-14(17)16(12)18/h3-8,19H,9-10H2,1-2H3. The van der Waals surface area contributed by atoms with Gasteiger partial charge in [-0.05, 0) is 19.2 Å². The van der Waals surface area contributed by atoms with Gasteiger partial charge in [0.15, 0.2) is 0 Å². The van der Waals surface area contributed by atoms with Crippen LogP contribution in [-0.4, -0.2) is 14.2 Å². The van der Waals surface area contributed by atoms with Gasteiger partial charge in [-0.2, -0.15) is 0 Å². The summed E-state index contributed by atoms with van der Waals surface area (Å²) >= 11 is 12.2. The molecule has 0 saturated heterocycles. The minimum atomic E-state index is 0.350. The van der Waals surface area contributed by atoms with E-state index in [4.69, 9.17) is 32.7 Å². The van der Waals surface area contributed by atoms with Crippen LogP contribution in [0.2, 0.25) is 10.0 Å². The molecule has 0 fully saturated rings. The number of rotatable bonds is 6. The summed E-state index contributed by atoms with van der Waals surface area (Å²) in [6, 6.07) is 11.3. The molecule has 0 atom stereocenters. The first-order chi connectivity index (χ1) is 10.2. The maximum absolute atomic E-state index is 6.17. The van der Waals surface area contributed by atoms with Gasteiger partial charge in [0.2, 0.25) is 0 Å². The van der Waals surface area contributed by atoms with Gasteiger partial charge >= 0.3 is 0 Å². The lowest BCUT2D eigenvalue weighted by molar-refractivity contribution is 0.300. The van der Waals surface area contributed by atoms with E-state index in [1.165, 1.54) is 0 Å². The third-order valence-corrected chi connectivity index (χ3v) is 3.91. The van der Waals surface area contributed by atoms with E-state index in [0.29, 0.717) is 23.2 Å². The van der Waals surface area contributed by atoms with Gasteiger partial charge in [0.05, 0.1) is 17.2 Å². The largest absolute Gasteiger partial charge is 0.497 e. The van der Waals surface area contributed by atoms with Crippen molar-refractivity contribution in [2.24, 2.45) is 0 Å². The molecule has 0 heterocycles. The van der Waals surface area contributed by atoms with E-state index in [1.807, 2.05) is 37.4 Å². The maximum atomic E-state index is 6.17. The summed E-state index contributed by atoms with van der Waals surface area (Å²) in [4.78, 5) is 0. The fourth-order valence-electron chi connectivity index (χ4n) is 1.95. The van der Waals surface area contributed by atoms with Crippen LogP contribution in [0.25, 0.3) is 0 Å². The molecule has 0 radical (unpaired) electrons. The Morgan fingerprint density at radius 3 is 2.62 bits per heavy atom. The van der Waals surface area contributed by atoms with E-state index in [-0.39, 0.29) is 0 Å². The summed E-state index contributed by atoms with van der Waals surface area (Å²) in [5.41, 5.74) is 1.90. The van der Waals surface area contributed by atoms with Gasteiger partial charge in [0.1, 0.15) is 18.1 Å². The van der Waals surface area contributed by atoms with Crippen molar-refractivity contribution in [3.63, 3.8) is 0 Å². The molecule has 0 aliphatic rings. The highest BCUT2D eigenvalue weighted by Crippen LogP contribution is 2.29. The van der Waals surface area contributed by atoms with Gasteiger partial charge in [-0.25, -0.2) is 0 Å². The minimum absolute atomic E-state index is 0.350. The normalized spacial score (nSPS) is 10.5. The lowest BCUT2D eigenvalue weighted by Gasteiger charge is -2.14. The summed E-state index contributed by atoms with van der Waals surface area (Å²) in [5.74, 6) is 1.52. The molecule has 0 unspecified atom stereocenters. The highest BCUT2D eigenvalue weighted by molar-refractivity contribution is 6.42. The smallest absolute Gasteiger partial charge is 0.127 e. The number of methoxy groups -OCH3 is 1. The molecule has 112 valence electrons. The van der Waals surface area contributed by atoms with Crippen molar-refractivity contribution < 1.29 is 9.47 Å². The zero-order valence-electron chi connectivity index (χ0n) is 12.0. The Morgan fingerprint density at radius 2 is 1.90 bits per heavy atom. The molecule has 1 N–H and O–H groups in total. The number of nitrogens with one attached hydrogen (secondary N) is 1. The van der Waals surface area contributed by atoms with Crippen molar-refractivity contribution >= 4 is 23.2 Å². The molecule has 0 bridgehead atoms. The molecular weight excluding hydrogens is 309 g/mol. The first-order valence-electron chi connectivity index (χ1n) is 6.53. The molecule has 2 rings (SSSR count). The molecule has 0 saturated carbocycles. The summed E-state index contributed by atoms with van der Waals surface area (Å²) < 4.78 is 11.1. The van der Waals surface area contributed by atoms with Gasteiger partial charge in [-0.1, -0.05) is 41.4 Å². The Balaban J connectivity index is 2.20. The van der Waals surface area contributed by atoms with Gasteiger partial charge < -0.3 is 14.8 Å². The van der Waals surface area contributed by atoms with Crippen LogP contribution in [0.4, 0.5) is 0 Å². The predicted octanol–water partition coefficient (Wildman–Crippen LogP) is 4.30. The average Bonchev–Trinajstić information content (AvgIpc) is 2.50. The van der Waals surface area contributed by atoms with Crippen LogP contribution < -0.4 is 14.8 Å². The van der Waals surface area contributed by atoms with Crippen LogP contribution in [0.5, 0.6) is 11.5 Å². The Hall–Kier alpha value is -1.42. The quantitative estimate of drug-likeness (QED) is 0.858. The van der Waals surface area contributed by atoms with E-state index >= 15 is 0 Å². The minimum Gasteiger partial charge on any atom is -0.497 e. The van der Waals surface area contributed by atoms with Gasteiger partial charge in [-0.3, -0.25) is 0 Å². The van der Waals surface area contributed by atoms with E-state index in [1.54, 1.807) is 13.2 Å². The molecule has 0 aliphatic heterocycles. The molecule has 0 aliphatic carbocycles. The highest BCUT2D eigenvalue weighted by atomic mass is 35.5. The van der Waals surface area contributed by atoms with E-state index in [2.05, 4.69) is 5.32 Å². The predicted molar refractivity (Wildman–Crippen MR) is 86.6 cm³/mol. The molecular formula is C16H17Cl2NO2. The van der Waals surface area contributed by atoms with E-state index < -0.39 is 0 Å². The topological polar surface area (TPSA) is 30.5 Å². The number of hydrogen-bond donors (Lipinski definition) is 1. The number of halogens is 2. The summed E-state index contributed by atoms with van der Waals surface area (Å²) in [6.07, 6.45) is 0. The zero-order chi connectivity index (χ0) is 15.2. The first-order valence-corrected chi connectivity index (χ1v) is 7.28. The Morgan fingerprint density at radius 1 is 1.10 bits per heavy atom. The Kier molecular flexibility index (Phi) is 5.74. The molecule has 5 heteroatoms. The van der Waals surface area contributed by atoms with Crippen LogP contribution in [0.3, 0.4) is 0 Å². The second-order valence-corrected chi connectivity index (χ2v) is 5.29. The van der Waals surface area contributed by atoms with Crippen molar-refractivity contribution in [3.05, 3.63) is 57.6 Å². The molecule has 0 spiro atoms. The molecule has 2 aromatic rings. The lowest BCUT2D eigenvalue weighted by atomic mass is 10.2. The van der Waals surface area contributed by atoms with Crippen LogP contribution in [0.1, 0.15) is 11.1 Å². The fraction of sp³-hybridized carbons (Fsp3) is 0.250. The number of hydrogen-bond acceptors (Lipinski definition) is 3. The van der Waals surface area contributed by atoms with Crippen LogP contribution in [0.15, 0.2) is 36.4 Å². The van der Waals surface area contributed by atoms with E-state index in [9.17, 15) is 0 Å². The summed E-state index contributed by atoms with van der Waals surface area (Å²) in [7, 11) is 3.52. The highest BCUT2D eigenvalue weighted by Gasteiger charge is 2.09. The Bertz CT molecular complexity index is 617. The first kappa shape index (κ1) is 16.0. The fourth-order valence-corrected chi connectivity index (χ4v) is 2.32. The molecule has 0 amide bonds. The van der Waals surface area contributed by atoms with E-state index in [0.717, 1.165) is 22.6 Å². The molecule has 0 aromatic heterocycles. The molecule has 3 nitrogen and oxygen atoms in total. The van der Waals surface area contributed by atoms with Gasteiger partial charge in [0.25, 0.3) is 0 Å². The number of benzene rings is 2. The second kappa shape index (κ2) is 7.55. The summed E-state index contributed by atoms with van der Waals surface area (Å²) in [5, 5.41) is 4.16. The van der Waals surface area contributed by atoms with Gasteiger partial charge in [-0.15, -0.1) is 0 Å². The van der Waals surface area contributed by atoms with Gasteiger partial charge in [0, 0.05) is 23.7 Å². The zero-order valence-corrected chi connectivity index (χ0v) is 13.5. The monoisotopic (exact) mass is 325 g/mol. The van der Waals surface area contributed by atoms with Crippen LogP contribution >= 0.6 is 23.2 Å². The molecule has 2 aromatic carbocycles. The van der Waals surface area contributed by atoms with Crippen molar-refractivity contribution in [3.8, 4) is 11.5 Å². The van der Waals surface area contributed by atoms with Crippen molar-refractivity contribution in [2.45, 2.75) is 13.2 Å². The SMILES string of the molecule is CNCc1ccc(OC)cc1OCc1cccc(Cl)c1Cl. The Labute approximate surface area is 134 Å². The van der Waals surface area contributed by atoms with Crippen LogP contribution in [-0.2, 0) is 13.2 Å². The lowest BCUT2D eigenvalue weighted by Crippen LogP contribution is -2.08. The van der Waals surface area contributed by atoms with Crippen LogP contribution in [0, 0.1) is 0 Å².